The molecule has 1 amide bonds. The third-order valence-electron chi connectivity index (χ3n) is 7.56. The lowest BCUT2D eigenvalue weighted by molar-refractivity contribution is -0.131. The first-order valence-electron chi connectivity index (χ1n) is 14.2. The topological polar surface area (TPSA) is 88.6 Å². The van der Waals surface area contributed by atoms with E-state index in [1.165, 1.54) is 4.31 Å². The van der Waals surface area contributed by atoms with Crippen LogP contribution < -0.4 is 18.5 Å². The number of ether oxygens (including phenoxy) is 3. The summed E-state index contributed by atoms with van der Waals surface area (Å²) in [7, 11) is -4.02. The molecule has 0 radical (unpaired) electrons. The molecule has 1 saturated heterocycles. The molecule has 2 heterocycles. The van der Waals surface area contributed by atoms with E-state index < -0.39 is 10.0 Å². The van der Waals surface area contributed by atoms with Crippen LogP contribution in [0.1, 0.15) is 11.1 Å². The first-order chi connectivity index (χ1) is 20.8. The van der Waals surface area contributed by atoms with E-state index in [1.54, 1.807) is 53.4 Å². The van der Waals surface area contributed by atoms with Gasteiger partial charge in [-0.3, -0.25) is 14.0 Å². The normalized spacial score (nSPS) is 14.9. The zero-order valence-corrected chi connectivity index (χ0v) is 24.7. The molecule has 0 bridgehead atoms. The van der Waals surface area contributed by atoms with Crippen molar-refractivity contribution in [3.8, 4) is 23.0 Å². The lowest BCUT2D eigenvalue weighted by Gasteiger charge is -2.36. The monoisotopic (exact) mass is 599 g/mol. The van der Waals surface area contributed by atoms with Crippen molar-refractivity contribution in [1.82, 2.24) is 9.80 Å². The van der Waals surface area contributed by atoms with Gasteiger partial charge in [0.15, 0.2) is 11.5 Å². The van der Waals surface area contributed by atoms with Gasteiger partial charge in [-0.1, -0.05) is 42.0 Å². The quantitative estimate of drug-likeness (QED) is 0.266. The van der Waals surface area contributed by atoms with Gasteiger partial charge in [-0.05, 0) is 73.2 Å². The second-order valence-electron chi connectivity index (χ2n) is 10.6. The molecule has 43 heavy (non-hydrogen) atoms. The summed E-state index contributed by atoms with van der Waals surface area (Å²) in [4.78, 5) is 17.7. The van der Waals surface area contributed by atoms with E-state index in [0.29, 0.717) is 43.4 Å². The molecule has 0 spiro atoms. The molecule has 0 atom stereocenters. The van der Waals surface area contributed by atoms with E-state index in [0.717, 1.165) is 29.2 Å². The molecule has 0 saturated carbocycles. The predicted octanol–water partition coefficient (Wildman–Crippen LogP) is 5.06. The number of para-hydroxylation sites is 1. The van der Waals surface area contributed by atoms with Gasteiger partial charge in [0.1, 0.15) is 18.0 Å². The summed E-state index contributed by atoms with van der Waals surface area (Å²) in [5.41, 5.74) is 2.44. The Morgan fingerprint density at radius 2 is 1.49 bits per heavy atom. The summed E-state index contributed by atoms with van der Waals surface area (Å²) in [5, 5.41) is 0. The van der Waals surface area contributed by atoms with Crippen molar-refractivity contribution in [3.63, 3.8) is 0 Å². The summed E-state index contributed by atoms with van der Waals surface area (Å²) in [6, 6.07) is 28.7. The number of sulfonamides is 1. The summed E-state index contributed by atoms with van der Waals surface area (Å²) in [6.45, 7) is 4.92. The van der Waals surface area contributed by atoms with Gasteiger partial charge in [0, 0.05) is 32.7 Å². The van der Waals surface area contributed by atoms with Gasteiger partial charge in [0.2, 0.25) is 12.7 Å². The van der Waals surface area contributed by atoms with E-state index in [4.69, 9.17) is 14.2 Å². The Labute approximate surface area is 251 Å². The molecule has 0 unspecified atom stereocenters. The number of anilines is 1. The third-order valence-corrected chi connectivity index (χ3v) is 9.35. The van der Waals surface area contributed by atoms with Gasteiger partial charge < -0.3 is 19.1 Å². The predicted molar refractivity (Wildman–Crippen MR) is 163 cm³/mol. The molecule has 4 aromatic rings. The van der Waals surface area contributed by atoms with Gasteiger partial charge in [-0.25, -0.2) is 8.42 Å². The number of hydrogen-bond donors (Lipinski definition) is 0. The highest BCUT2D eigenvalue weighted by atomic mass is 32.2. The van der Waals surface area contributed by atoms with E-state index >= 15 is 0 Å². The van der Waals surface area contributed by atoms with Gasteiger partial charge in [0.05, 0.1) is 10.6 Å². The lowest BCUT2D eigenvalue weighted by Crippen LogP contribution is -2.51. The second-order valence-corrected chi connectivity index (χ2v) is 12.4. The molecule has 9 nitrogen and oxygen atoms in total. The minimum absolute atomic E-state index is 0.129. The second kappa shape index (κ2) is 12.4. The molecule has 10 heteroatoms. The Kier molecular flexibility index (Phi) is 8.22. The molecule has 1 fully saturated rings. The van der Waals surface area contributed by atoms with Crippen LogP contribution in [-0.4, -0.2) is 63.6 Å². The molecule has 2 aliphatic rings. The van der Waals surface area contributed by atoms with E-state index in [1.807, 2.05) is 55.5 Å². The van der Waals surface area contributed by atoms with Crippen LogP contribution in [0.25, 0.3) is 0 Å². The summed E-state index contributed by atoms with van der Waals surface area (Å²) in [6.07, 6.45) is 0. The number of fused-ring (bicyclic) bond motifs is 1. The number of aryl methyl sites for hydroxylation is 1. The van der Waals surface area contributed by atoms with Crippen molar-refractivity contribution in [2.75, 3.05) is 43.8 Å². The van der Waals surface area contributed by atoms with Crippen LogP contribution in [-0.2, 0) is 21.4 Å². The fraction of sp³-hybridized carbons (Fsp3) is 0.242. The number of hydrogen-bond acceptors (Lipinski definition) is 7. The van der Waals surface area contributed by atoms with Crippen molar-refractivity contribution in [1.29, 1.82) is 0 Å². The maximum absolute atomic E-state index is 13.9. The van der Waals surface area contributed by atoms with Crippen molar-refractivity contribution in [2.24, 2.45) is 0 Å². The number of benzene rings is 4. The highest BCUT2D eigenvalue weighted by molar-refractivity contribution is 7.92. The first-order valence-corrected chi connectivity index (χ1v) is 15.6. The van der Waals surface area contributed by atoms with Crippen LogP contribution in [0.15, 0.2) is 102 Å². The highest BCUT2D eigenvalue weighted by Gasteiger charge is 2.30. The highest BCUT2D eigenvalue weighted by Crippen LogP contribution is 2.33. The van der Waals surface area contributed by atoms with E-state index in [2.05, 4.69) is 4.90 Å². The van der Waals surface area contributed by atoms with Crippen molar-refractivity contribution in [2.45, 2.75) is 18.4 Å². The van der Waals surface area contributed by atoms with Gasteiger partial charge in [0.25, 0.3) is 10.0 Å². The first kappa shape index (κ1) is 28.6. The molecule has 222 valence electrons. The fourth-order valence-electron chi connectivity index (χ4n) is 5.13. The van der Waals surface area contributed by atoms with E-state index in [9.17, 15) is 13.2 Å². The number of piperazine rings is 1. The number of carbonyl (C=O) groups is 1. The van der Waals surface area contributed by atoms with Crippen LogP contribution in [0, 0.1) is 6.92 Å². The van der Waals surface area contributed by atoms with Crippen LogP contribution in [0.2, 0.25) is 0 Å². The van der Waals surface area contributed by atoms with Crippen molar-refractivity contribution in [3.05, 3.63) is 108 Å². The van der Waals surface area contributed by atoms with Gasteiger partial charge >= 0.3 is 0 Å². The molecule has 0 N–H and O–H groups in total. The van der Waals surface area contributed by atoms with Crippen LogP contribution in [0.4, 0.5) is 5.69 Å². The summed E-state index contributed by atoms with van der Waals surface area (Å²) < 4.78 is 45.7. The number of carbonyl (C=O) groups excluding carboxylic acids is 1. The molecular formula is C33H33N3O6S. The SMILES string of the molecule is Cc1ccc(S(=O)(=O)N(CC(=O)N2CCN(Cc3ccc4c(c3)OCO4)CC2)c2ccc(Oc3ccccc3)cc2)cc1. The lowest BCUT2D eigenvalue weighted by atomic mass is 10.1. The van der Waals surface area contributed by atoms with Crippen LogP contribution >= 0.6 is 0 Å². The van der Waals surface area contributed by atoms with Crippen molar-refractivity contribution < 1.29 is 27.4 Å². The fourth-order valence-corrected chi connectivity index (χ4v) is 6.55. The number of amides is 1. The average molecular weight is 600 g/mol. The Bertz CT molecular complexity index is 1670. The number of nitrogens with zero attached hydrogens (tertiary/aromatic N) is 3. The summed E-state index contributed by atoms with van der Waals surface area (Å²) in [5.74, 6) is 2.49. The average Bonchev–Trinajstić information content (AvgIpc) is 3.49. The van der Waals surface area contributed by atoms with Crippen LogP contribution in [0.5, 0.6) is 23.0 Å². The Morgan fingerprint density at radius 1 is 0.814 bits per heavy atom. The number of rotatable bonds is 9. The molecule has 2 aliphatic heterocycles. The molecule has 0 aliphatic carbocycles. The van der Waals surface area contributed by atoms with Gasteiger partial charge in [-0.15, -0.1) is 0 Å². The third kappa shape index (κ3) is 6.60. The maximum Gasteiger partial charge on any atom is 0.264 e. The molecule has 0 aromatic heterocycles. The Balaban J connectivity index is 1.15. The zero-order valence-electron chi connectivity index (χ0n) is 23.9. The Hall–Kier alpha value is -4.54. The summed E-state index contributed by atoms with van der Waals surface area (Å²) >= 11 is 0. The maximum atomic E-state index is 13.9. The van der Waals surface area contributed by atoms with E-state index in [-0.39, 0.29) is 24.1 Å². The van der Waals surface area contributed by atoms with Crippen LogP contribution in [0.3, 0.4) is 0 Å². The molecule has 4 aromatic carbocycles. The van der Waals surface area contributed by atoms with Gasteiger partial charge in [-0.2, -0.15) is 0 Å². The van der Waals surface area contributed by atoms with Crippen molar-refractivity contribution >= 4 is 21.6 Å². The minimum Gasteiger partial charge on any atom is -0.457 e. The largest absolute Gasteiger partial charge is 0.457 e. The molecule has 6 rings (SSSR count). The Morgan fingerprint density at radius 3 is 2.21 bits per heavy atom. The molecular weight excluding hydrogens is 566 g/mol. The smallest absolute Gasteiger partial charge is 0.264 e. The zero-order chi connectivity index (χ0) is 29.8. The minimum atomic E-state index is -4.02. The standard InChI is InChI=1S/C33H33N3O6S/c1-25-7-14-30(15-8-25)43(38,39)36(27-10-12-29(13-11-27)42-28-5-3-2-4-6-28)23-33(37)35-19-17-34(18-20-35)22-26-9-16-31-32(21-26)41-24-40-31/h2-16,21H,17-20,22-24H2,1H3.